The Balaban J connectivity index is 1.84. The molecule has 150 valence electrons. The van der Waals surface area contributed by atoms with Crippen LogP contribution in [0.15, 0.2) is 84.9 Å². The smallest absolute Gasteiger partial charge is 0.123 e. The molecule has 0 radical (unpaired) electrons. The second kappa shape index (κ2) is 8.91. The van der Waals surface area contributed by atoms with Crippen LogP contribution in [0.25, 0.3) is 0 Å². The molecule has 0 aromatic heterocycles. The number of ether oxygens (including phenoxy) is 1. The summed E-state index contributed by atoms with van der Waals surface area (Å²) < 4.78 is 5.55. The Kier molecular flexibility index (Phi) is 6.10. The van der Waals surface area contributed by atoms with Crippen LogP contribution in [-0.4, -0.2) is 42.9 Å². The molecule has 2 atom stereocenters. The highest BCUT2D eigenvalue weighted by Gasteiger charge is 2.42. The van der Waals surface area contributed by atoms with E-state index in [4.69, 9.17) is 4.74 Å². The van der Waals surface area contributed by atoms with Crippen LogP contribution < -0.4 is 0 Å². The summed E-state index contributed by atoms with van der Waals surface area (Å²) in [6.45, 7) is 6.12. The Labute approximate surface area is 173 Å². The topological polar surface area (TPSA) is 32.7 Å². The Morgan fingerprint density at radius 3 is 2.00 bits per heavy atom. The number of hydrogen-bond donors (Lipinski definition) is 1. The van der Waals surface area contributed by atoms with E-state index in [1.165, 1.54) is 5.56 Å². The van der Waals surface area contributed by atoms with Gasteiger partial charge in [0.2, 0.25) is 0 Å². The van der Waals surface area contributed by atoms with E-state index in [0.717, 1.165) is 49.5 Å². The van der Waals surface area contributed by atoms with E-state index in [9.17, 15) is 5.11 Å². The van der Waals surface area contributed by atoms with E-state index in [2.05, 4.69) is 60.4 Å². The molecule has 1 N–H and O–H groups in total. The van der Waals surface area contributed by atoms with Gasteiger partial charge in [-0.15, -0.1) is 0 Å². The molecule has 4 rings (SSSR count). The van der Waals surface area contributed by atoms with E-state index in [0.29, 0.717) is 0 Å². The molecule has 3 heteroatoms. The zero-order chi connectivity index (χ0) is 20.1. The van der Waals surface area contributed by atoms with Crippen LogP contribution in [0.4, 0.5) is 0 Å². The van der Waals surface area contributed by atoms with E-state index < -0.39 is 5.60 Å². The molecule has 3 aromatic carbocycles. The Hall–Kier alpha value is -2.46. The number of benzene rings is 3. The predicted molar refractivity (Wildman–Crippen MR) is 117 cm³/mol. The molecular formula is C26H29NO2. The third kappa shape index (κ3) is 4.27. The summed E-state index contributed by atoms with van der Waals surface area (Å²) >= 11 is 0. The Morgan fingerprint density at radius 2 is 1.38 bits per heavy atom. The number of aryl methyl sites for hydroxylation is 1. The molecule has 0 saturated carbocycles. The fraction of sp³-hybridized carbons (Fsp3) is 0.308. The third-order valence-corrected chi connectivity index (χ3v) is 5.96. The van der Waals surface area contributed by atoms with Gasteiger partial charge in [-0.1, -0.05) is 90.5 Å². The number of aliphatic hydroxyl groups is 1. The average molecular weight is 388 g/mol. The van der Waals surface area contributed by atoms with Crippen molar-refractivity contribution in [2.24, 2.45) is 0 Å². The van der Waals surface area contributed by atoms with Crippen molar-refractivity contribution in [3.8, 4) is 0 Å². The van der Waals surface area contributed by atoms with Gasteiger partial charge in [-0.25, -0.2) is 0 Å². The van der Waals surface area contributed by atoms with E-state index in [1.807, 2.05) is 36.4 Å². The van der Waals surface area contributed by atoms with Crippen molar-refractivity contribution in [1.29, 1.82) is 0 Å². The minimum Gasteiger partial charge on any atom is -0.380 e. The van der Waals surface area contributed by atoms with Gasteiger partial charge >= 0.3 is 0 Å². The van der Waals surface area contributed by atoms with Crippen LogP contribution in [0.2, 0.25) is 0 Å². The molecular weight excluding hydrogens is 358 g/mol. The number of rotatable bonds is 6. The summed E-state index contributed by atoms with van der Waals surface area (Å²) in [5.74, 6) is -0.105. The fourth-order valence-electron chi connectivity index (χ4n) is 4.27. The monoisotopic (exact) mass is 387 g/mol. The van der Waals surface area contributed by atoms with Crippen molar-refractivity contribution in [3.05, 3.63) is 107 Å². The van der Waals surface area contributed by atoms with Crippen molar-refractivity contribution in [3.63, 3.8) is 0 Å². The second-order valence-electron chi connectivity index (χ2n) is 7.87. The largest absolute Gasteiger partial charge is 0.380 e. The van der Waals surface area contributed by atoms with Gasteiger partial charge in [0.05, 0.1) is 13.2 Å². The van der Waals surface area contributed by atoms with Crippen molar-refractivity contribution >= 4 is 0 Å². The maximum atomic E-state index is 12.4. The highest BCUT2D eigenvalue weighted by Crippen LogP contribution is 2.43. The van der Waals surface area contributed by atoms with Crippen molar-refractivity contribution in [2.45, 2.75) is 18.4 Å². The molecule has 1 fully saturated rings. The quantitative estimate of drug-likeness (QED) is 0.683. The Bertz CT molecular complexity index is 889. The number of morpholine rings is 1. The molecule has 1 saturated heterocycles. The minimum absolute atomic E-state index is 0.105. The molecule has 3 aromatic rings. The van der Waals surface area contributed by atoms with Crippen LogP contribution in [0.3, 0.4) is 0 Å². The summed E-state index contributed by atoms with van der Waals surface area (Å²) in [5.41, 5.74) is 3.05. The first-order chi connectivity index (χ1) is 14.2. The molecule has 0 amide bonds. The zero-order valence-electron chi connectivity index (χ0n) is 17.0. The van der Waals surface area contributed by atoms with Gasteiger partial charge in [-0.2, -0.15) is 0 Å². The lowest BCUT2D eigenvalue weighted by molar-refractivity contribution is 0.000764. The molecule has 0 aliphatic carbocycles. The summed E-state index contributed by atoms with van der Waals surface area (Å²) in [4.78, 5) is 2.41. The minimum atomic E-state index is -1.13. The number of nitrogens with zero attached hydrogens (tertiary/aromatic N) is 1. The third-order valence-electron chi connectivity index (χ3n) is 5.96. The van der Waals surface area contributed by atoms with Gasteiger partial charge in [-0.05, 0) is 23.6 Å². The molecule has 29 heavy (non-hydrogen) atoms. The van der Waals surface area contributed by atoms with Crippen molar-refractivity contribution in [2.75, 3.05) is 32.8 Å². The van der Waals surface area contributed by atoms with E-state index in [1.54, 1.807) is 0 Å². The lowest BCUT2D eigenvalue weighted by atomic mass is 9.72. The number of hydrogen-bond acceptors (Lipinski definition) is 3. The summed E-state index contributed by atoms with van der Waals surface area (Å²) in [5, 5.41) is 12.4. The van der Waals surface area contributed by atoms with Gasteiger partial charge in [0.25, 0.3) is 0 Å². The second-order valence-corrected chi connectivity index (χ2v) is 7.87. The van der Waals surface area contributed by atoms with E-state index in [-0.39, 0.29) is 5.92 Å². The van der Waals surface area contributed by atoms with Crippen molar-refractivity contribution in [1.82, 2.24) is 4.90 Å². The SMILES string of the molecule is Cc1ccc([C@@](O)(c2ccccc2)[C@@H](CN2CCOCC2)c2ccccc2)cc1. The first kappa shape index (κ1) is 19.8. The van der Waals surface area contributed by atoms with Crippen LogP contribution in [-0.2, 0) is 10.3 Å². The lowest BCUT2D eigenvalue weighted by Gasteiger charge is -2.41. The van der Waals surface area contributed by atoms with Crippen molar-refractivity contribution < 1.29 is 9.84 Å². The van der Waals surface area contributed by atoms with Crippen LogP contribution in [0.1, 0.15) is 28.2 Å². The summed E-state index contributed by atoms with van der Waals surface area (Å²) in [7, 11) is 0. The molecule has 0 bridgehead atoms. The molecule has 0 unspecified atom stereocenters. The van der Waals surface area contributed by atoms with Crippen LogP contribution in [0.5, 0.6) is 0 Å². The standard InChI is InChI=1S/C26H29NO2/c1-21-12-14-24(15-13-21)26(28,23-10-6-3-7-11-23)25(22-8-4-2-5-9-22)20-27-16-18-29-19-17-27/h2-15,25,28H,16-20H2,1H3/t25-,26-/m0/s1. The maximum absolute atomic E-state index is 12.4. The molecule has 0 spiro atoms. The summed E-state index contributed by atoms with van der Waals surface area (Å²) in [6.07, 6.45) is 0. The summed E-state index contributed by atoms with van der Waals surface area (Å²) in [6, 6.07) is 28.8. The lowest BCUT2D eigenvalue weighted by Crippen LogP contribution is -2.45. The van der Waals surface area contributed by atoms with Gasteiger partial charge in [0.1, 0.15) is 5.60 Å². The Morgan fingerprint density at radius 1 is 0.828 bits per heavy atom. The normalized spacial score (nSPS) is 18.1. The maximum Gasteiger partial charge on any atom is 0.123 e. The van der Waals surface area contributed by atoms with Crippen LogP contribution in [0, 0.1) is 6.92 Å². The van der Waals surface area contributed by atoms with Gasteiger partial charge in [0, 0.05) is 25.6 Å². The van der Waals surface area contributed by atoms with Gasteiger partial charge in [0.15, 0.2) is 0 Å². The molecule has 3 nitrogen and oxygen atoms in total. The average Bonchev–Trinajstić information content (AvgIpc) is 2.79. The van der Waals surface area contributed by atoms with E-state index >= 15 is 0 Å². The first-order valence-electron chi connectivity index (χ1n) is 10.4. The molecule has 1 aliphatic heterocycles. The highest BCUT2D eigenvalue weighted by atomic mass is 16.5. The first-order valence-corrected chi connectivity index (χ1v) is 10.4. The van der Waals surface area contributed by atoms with Crippen LogP contribution >= 0.6 is 0 Å². The zero-order valence-corrected chi connectivity index (χ0v) is 17.0. The predicted octanol–water partition coefficient (Wildman–Crippen LogP) is 4.35. The molecule has 1 heterocycles. The molecule has 1 aliphatic rings. The highest BCUT2D eigenvalue weighted by molar-refractivity contribution is 5.42. The fourth-order valence-corrected chi connectivity index (χ4v) is 4.27. The van der Waals surface area contributed by atoms with Gasteiger partial charge in [-0.3, -0.25) is 4.90 Å². The van der Waals surface area contributed by atoms with Gasteiger partial charge < -0.3 is 9.84 Å².